The third kappa shape index (κ3) is 7.23. The molecule has 0 amide bonds. The maximum absolute atomic E-state index is 12.8. The molecule has 0 aliphatic carbocycles. The molecule has 4 rings (SSSR count). The summed E-state index contributed by atoms with van der Waals surface area (Å²) in [5.74, 6) is -2.74. The van der Waals surface area contributed by atoms with Crippen molar-refractivity contribution >= 4 is 38.4 Å². The van der Waals surface area contributed by atoms with Gasteiger partial charge in [0.15, 0.2) is 11.3 Å². The first-order chi connectivity index (χ1) is 18.0. The Hall–Kier alpha value is -3.64. The number of carboxylic acid groups (broad SMARTS) is 1. The first kappa shape index (κ1) is 28.9. The molecule has 0 saturated carbocycles. The van der Waals surface area contributed by atoms with Crippen LogP contribution in [0, 0.1) is 5.41 Å². The van der Waals surface area contributed by atoms with E-state index in [0.29, 0.717) is 21.9 Å². The van der Waals surface area contributed by atoms with Crippen molar-refractivity contribution in [2.45, 2.75) is 36.1 Å². The van der Waals surface area contributed by atoms with E-state index in [0.717, 1.165) is 0 Å². The number of piperidine rings is 1. The molecule has 1 fully saturated rings. The van der Waals surface area contributed by atoms with Crippen LogP contribution in [0.3, 0.4) is 0 Å². The summed E-state index contributed by atoms with van der Waals surface area (Å²) >= 11 is 0. The van der Waals surface area contributed by atoms with Gasteiger partial charge in [-0.05, 0) is 42.9 Å². The second-order valence-corrected chi connectivity index (χ2v) is 10.8. The molecule has 1 aliphatic rings. The zero-order chi connectivity index (χ0) is 27.8. The molecular formula is C27H33N5O5S. The SMILES string of the molecule is C1CCNCC1.N=C(N)c1ccc(CC(N)(C(=O)O)C(=O)CNS(=O)(=O)c2cccc3ccccc23)cc1. The fourth-order valence-electron chi connectivity index (χ4n) is 4.05. The topological polar surface area (TPSA) is 188 Å². The predicted octanol–water partition coefficient (Wildman–Crippen LogP) is 1.76. The first-order valence-corrected chi connectivity index (χ1v) is 13.7. The highest BCUT2D eigenvalue weighted by Gasteiger charge is 2.42. The van der Waals surface area contributed by atoms with Gasteiger partial charge in [-0.15, -0.1) is 0 Å². The molecule has 1 heterocycles. The summed E-state index contributed by atoms with van der Waals surface area (Å²) in [4.78, 5) is 24.5. The number of carboxylic acids is 1. The number of nitrogens with one attached hydrogen (secondary N) is 3. The number of fused-ring (bicyclic) bond motifs is 1. The molecule has 1 atom stereocenters. The number of rotatable bonds is 9. The molecule has 11 heteroatoms. The van der Waals surface area contributed by atoms with Crippen molar-refractivity contribution in [3.63, 3.8) is 0 Å². The number of ketones is 1. The average Bonchev–Trinajstić information content (AvgIpc) is 2.92. The number of nitrogens with two attached hydrogens (primary N) is 2. The standard InChI is InChI=1S/C22H22N4O5S.C5H11N/c23-20(24)16-10-8-14(9-11-16)12-22(25,21(28)29)19(27)13-26-32(30,31)18-7-3-5-15-4-1-2-6-17(15)18;1-2-4-6-5-3-1/h1-11,26H,12-13,25H2,(H3,23,24)(H,28,29);6H,1-5H2. The van der Waals surface area contributed by atoms with Crippen molar-refractivity contribution < 1.29 is 23.1 Å². The second-order valence-electron chi connectivity index (χ2n) is 9.10. The van der Waals surface area contributed by atoms with Crippen LogP contribution < -0.4 is 21.5 Å². The van der Waals surface area contributed by atoms with Gasteiger partial charge in [0, 0.05) is 17.4 Å². The summed E-state index contributed by atoms with van der Waals surface area (Å²) < 4.78 is 27.8. The molecule has 1 saturated heterocycles. The molecule has 10 nitrogen and oxygen atoms in total. The number of amidine groups is 1. The molecule has 3 aromatic carbocycles. The molecule has 1 aliphatic heterocycles. The lowest BCUT2D eigenvalue weighted by atomic mass is 9.87. The van der Waals surface area contributed by atoms with Gasteiger partial charge >= 0.3 is 5.97 Å². The fourth-order valence-corrected chi connectivity index (χ4v) is 5.26. The smallest absolute Gasteiger partial charge is 0.331 e. The Balaban J connectivity index is 0.000000585. The molecule has 0 aromatic heterocycles. The molecule has 38 heavy (non-hydrogen) atoms. The number of sulfonamides is 1. The number of Topliss-reactive ketones (excluding diaryl/α,β-unsaturated/α-hetero) is 1. The van der Waals surface area contributed by atoms with E-state index in [1.807, 2.05) is 0 Å². The minimum absolute atomic E-state index is 0.0267. The van der Waals surface area contributed by atoms with Gasteiger partial charge in [-0.1, -0.05) is 67.1 Å². The largest absolute Gasteiger partial charge is 0.480 e. The zero-order valence-corrected chi connectivity index (χ0v) is 21.8. The molecule has 0 radical (unpaired) electrons. The normalized spacial score (nSPS) is 15.1. The van der Waals surface area contributed by atoms with E-state index in [9.17, 15) is 23.1 Å². The van der Waals surface area contributed by atoms with Crippen molar-refractivity contribution in [3.05, 3.63) is 77.9 Å². The van der Waals surface area contributed by atoms with Crippen molar-refractivity contribution in [1.29, 1.82) is 5.41 Å². The maximum Gasteiger partial charge on any atom is 0.331 e. The second kappa shape index (κ2) is 12.7. The fraction of sp³-hybridized carbons (Fsp3) is 0.296. The minimum atomic E-state index is -4.11. The molecule has 8 N–H and O–H groups in total. The van der Waals surface area contributed by atoms with E-state index >= 15 is 0 Å². The lowest BCUT2D eigenvalue weighted by Gasteiger charge is -2.23. The highest BCUT2D eigenvalue weighted by Crippen LogP contribution is 2.23. The van der Waals surface area contributed by atoms with Crippen molar-refractivity contribution in [2.75, 3.05) is 19.6 Å². The van der Waals surface area contributed by atoms with Crippen molar-refractivity contribution in [3.8, 4) is 0 Å². The van der Waals surface area contributed by atoms with Crippen molar-refractivity contribution in [2.24, 2.45) is 11.5 Å². The molecule has 0 spiro atoms. The monoisotopic (exact) mass is 539 g/mol. The number of nitrogen functional groups attached to an aromatic ring is 1. The van der Waals surface area contributed by atoms with Gasteiger partial charge < -0.3 is 21.9 Å². The van der Waals surface area contributed by atoms with E-state index in [2.05, 4.69) is 10.0 Å². The highest BCUT2D eigenvalue weighted by molar-refractivity contribution is 7.89. The first-order valence-electron chi connectivity index (χ1n) is 12.2. The van der Waals surface area contributed by atoms with E-state index in [4.69, 9.17) is 16.9 Å². The Bertz CT molecular complexity index is 1390. The Morgan fingerprint density at radius 1 is 0.974 bits per heavy atom. The van der Waals surface area contributed by atoms with Crippen LogP contribution >= 0.6 is 0 Å². The Morgan fingerprint density at radius 3 is 2.16 bits per heavy atom. The highest BCUT2D eigenvalue weighted by atomic mass is 32.2. The van der Waals surface area contributed by atoms with Crippen LogP contribution in [0.15, 0.2) is 71.6 Å². The van der Waals surface area contributed by atoms with Crippen LogP contribution in [0.1, 0.15) is 30.4 Å². The van der Waals surface area contributed by atoms with Gasteiger partial charge in [0.1, 0.15) is 5.84 Å². The van der Waals surface area contributed by atoms with Crippen LogP contribution in [0.2, 0.25) is 0 Å². The summed E-state index contributed by atoms with van der Waals surface area (Å²) in [7, 11) is -4.11. The van der Waals surface area contributed by atoms with E-state index in [-0.39, 0.29) is 17.2 Å². The van der Waals surface area contributed by atoms with Crippen LogP contribution in [0.4, 0.5) is 0 Å². The summed E-state index contributed by atoms with van der Waals surface area (Å²) in [6.45, 7) is 1.71. The molecular weight excluding hydrogens is 506 g/mol. The number of carbonyl (C=O) groups is 2. The van der Waals surface area contributed by atoms with Gasteiger partial charge in [0.05, 0.1) is 11.4 Å². The van der Waals surface area contributed by atoms with E-state index in [1.165, 1.54) is 62.7 Å². The van der Waals surface area contributed by atoms with Gasteiger partial charge in [0.2, 0.25) is 10.0 Å². The van der Waals surface area contributed by atoms with Crippen LogP contribution in [0.25, 0.3) is 10.8 Å². The summed E-state index contributed by atoms with van der Waals surface area (Å²) in [5.41, 5.74) is 9.82. The lowest BCUT2D eigenvalue weighted by Crippen LogP contribution is -2.59. The van der Waals surface area contributed by atoms with Gasteiger partial charge in [-0.2, -0.15) is 0 Å². The summed E-state index contributed by atoms with van der Waals surface area (Å²) in [5, 5.41) is 21.5. The van der Waals surface area contributed by atoms with E-state index in [1.54, 1.807) is 36.4 Å². The lowest BCUT2D eigenvalue weighted by molar-refractivity contribution is -0.148. The summed E-state index contributed by atoms with van der Waals surface area (Å²) in [6.07, 6.45) is 3.85. The molecule has 3 aromatic rings. The van der Waals surface area contributed by atoms with Crippen LogP contribution in [-0.2, 0) is 26.0 Å². The Morgan fingerprint density at radius 2 is 1.61 bits per heavy atom. The van der Waals surface area contributed by atoms with Gasteiger partial charge in [0.25, 0.3) is 0 Å². The summed E-state index contributed by atoms with van der Waals surface area (Å²) in [6, 6.07) is 17.6. The van der Waals surface area contributed by atoms with Gasteiger partial charge in [-0.3, -0.25) is 10.2 Å². The van der Waals surface area contributed by atoms with E-state index < -0.39 is 33.9 Å². The Kier molecular flexibility index (Phi) is 9.70. The molecule has 0 bridgehead atoms. The predicted molar refractivity (Wildman–Crippen MR) is 147 cm³/mol. The number of hydrogen-bond donors (Lipinski definition) is 6. The molecule has 202 valence electrons. The maximum atomic E-state index is 12.8. The van der Waals surface area contributed by atoms with Crippen LogP contribution in [-0.4, -0.2) is 56.3 Å². The molecule has 1 unspecified atom stereocenters. The quantitative estimate of drug-likeness (QED) is 0.135. The zero-order valence-electron chi connectivity index (χ0n) is 20.9. The average molecular weight is 540 g/mol. The number of carbonyl (C=O) groups excluding carboxylic acids is 1. The third-order valence-corrected chi connectivity index (χ3v) is 7.76. The van der Waals surface area contributed by atoms with Crippen molar-refractivity contribution in [1.82, 2.24) is 10.0 Å². The third-order valence-electron chi connectivity index (χ3n) is 6.30. The van der Waals surface area contributed by atoms with Gasteiger partial charge in [-0.25, -0.2) is 17.9 Å². The Labute approximate surface area is 222 Å². The minimum Gasteiger partial charge on any atom is -0.480 e. The number of aliphatic carboxylic acids is 1. The van der Waals surface area contributed by atoms with Crippen LogP contribution in [0.5, 0.6) is 0 Å². The number of benzene rings is 3. The number of hydrogen-bond acceptors (Lipinski definition) is 7.